The zero-order valence-corrected chi connectivity index (χ0v) is 9.94. The van der Waals surface area contributed by atoms with Crippen LogP contribution in [-0.2, 0) is 4.79 Å². The molecule has 0 aliphatic heterocycles. The van der Waals surface area contributed by atoms with Gasteiger partial charge in [-0.15, -0.1) is 0 Å². The lowest BCUT2D eigenvalue weighted by Crippen LogP contribution is -2.34. The second kappa shape index (κ2) is 5.49. The standard InChI is InChI=1S/C10H12ClN3O3/c1-2-14(5-8(12)15)9-4-6(10(16)17)3-7(11)13-9/h3-4H,2,5H2,1H3,(H2,12,15)(H,16,17). The van der Waals surface area contributed by atoms with E-state index in [1.165, 1.54) is 12.1 Å². The molecule has 1 aromatic rings. The van der Waals surface area contributed by atoms with Crippen LogP contribution in [0.25, 0.3) is 0 Å². The number of hydrogen-bond acceptors (Lipinski definition) is 4. The van der Waals surface area contributed by atoms with Gasteiger partial charge in [0.15, 0.2) is 0 Å². The lowest BCUT2D eigenvalue weighted by atomic mass is 10.2. The minimum atomic E-state index is -1.11. The quantitative estimate of drug-likeness (QED) is 0.759. The van der Waals surface area contributed by atoms with Crippen molar-refractivity contribution >= 4 is 29.3 Å². The fourth-order valence-corrected chi connectivity index (χ4v) is 1.52. The van der Waals surface area contributed by atoms with E-state index in [9.17, 15) is 9.59 Å². The van der Waals surface area contributed by atoms with Crippen LogP contribution in [0.4, 0.5) is 5.82 Å². The predicted octanol–water partition coefficient (Wildman–Crippen LogP) is 0.745. The zero-order chi connectivity index (χ0) is 13.0. The van der Waals surface area contributed by atoms with Gasteiger partial charge in [0.25, 0.3) is 0 Å². The molecule has 0 unspecified atom stereocenters. The third kappa shape index (κ3) is 3.60. The number of halogens is 1. The summed E-state index contributed by atoms with van der Waals surface area (Å²) in [4.78, 5) is 27.2. The molecule has 7 heteroatoms. The van der Waals surface area contributed by atoms with Gasteiger partial charge in [0.2, 0.25) is 5.91 Å². The third-order valence-electron chi connectivity index (χ3n) is 2.08. The van der Waals surface area contributed by atoms with Gasteiger partial charge < -0.3 is 15.7 Å². The Morgan fingerprint density at radius 3 is 2.65 bits per heavy atom. The Kier molecular flexibility index (Phi) is 4.28. The molecule has 1 aromatic heterocycles. The molecule has 17 heavy (non-hydrogen) atoms. The Hall–Kier alpha value is -1.82. The lowest BCUT2D eigenvalue weighted by molar-refractivity contribution is -0.116. The van der Waals surface area contributed by atoms with Crippen LogP contribution in [0, 0.1) is 0 Å². The SMILES string of the molecule is CCN(CC(N)=O)c1cc(C(=O)O)cc(Cl)n1. The van der Waals surface area contributed by atoms with Crippen molar-refractivity contribution in [2.45, 2.75) is 6.92 Å². The van der Waals surface area contributed by atoms with Crippen LogP contribution < -0.4 is 10.6 Å². The second-order valence-corrected chi connectivity index (χ2v) is 3.71. The van der Waals surface area contributed by atoms with Gasteiger partial charge in [0.1, 0.15) is 11.0 Å². The Morgan fingerprint density at radius 2 is 2.18 bits per heavy atom. The summed E-state index contributed by atoms with van der Waals surface area (Å²) in [5, 5.41) is 8.93. The number of carbonyl (C=O) groups is 2. The van der Waals surface area contributed by atoms with Gasteiger partial charge in [-0.3, -0.25) is 4.79 Å². The monoisotopic (exact) mass is 257 g/mol. The summed E-state index contributed by atoms with van der Waals surface area (Å²) < 4.78 is 0. The van der Waals surface area contributed by atoms with E-state index in [2.05, 4.69) is 4.98 Å². The van der Waals surface area contributed by atoms with E-state index < -0.39 is 11.9 Å². The fraction of sp³-hybridized carbons (Fsp3) is 0.300. The molecule has 1 rings (SSSR count). The van der Waals surface area contributed by atoms with Gasteiger partial charge in [0.05, 0.1) is 12.1 Å². The molecule has 0 saturated carbocycles. The Balaban J connectivity index is 3.10. The second-order valence-electron chi connectivity index (χ2n) is 3.32. The number of nitrogens with zero attached hydrogens (tertiary/aromatic N) is 2. The van der Waals surface area contributed by atoms with Gasteiger partial charge in [-0.2, -0.15) is 0 Å². The summed E-state index contributed by atoms with van der Waals surface area (Å²) in [6, 6.07) is 2.59. The Morgan fingerprint density at radius 1 is 1.53 bits per heavy atom. The molecule has 3 N–H and O–H groups in total. The van der Waals surface area contributed by atoms with Crippen LogP contribution in [0.2, 0.25) is 5.15 Å². The normalized spacial score (nSPS) is 10.0. The van der Waals surface area contributed by atoms with E-state index in [-0.39, 0.29) is 17.3 Å². The maximum Gasteiger partial charge on any atom is 0.335 e. The number of hydrogen-bond donors (Lipinski definition) is 2. The highest BCUT2D eigenvalue weighted by molar-refractivity contribution is 6.29. The number of pyridine rings is 1. The Bertz CT molecular complexity index is 450. The maximum absolute atomic E-state index is 10.8. The lowest BCUT2D eigenvalue weighted by Gasteiger charge is -2.20. The van der Waals surface area contributed by atoms with Crippen molar-refractivity contribution in [1.82, 2.24) is 4.98 Å². The van der Waals surface area contributed by atoms with Crippen LogP contribution in [0.5, 0.6) is 0 Å². The largest absolute Gasteiger partial charge is 0.478 e. The predicted molar refractivity (Wildman–Crippen MR) is 63.3 cm³/mol. The molecular formula is C10H12ClN3O3. The van der Waals surface area contributed by atoms with Crippen LogP contribution in [0.15, 0.2) is 12.1 Å². The molecule has 0 bridgehead atoms. The molecule has 0 aromatic carbocycles. The highest BCUT2D eigenvalue weighted by Gasteiger charge is 2.13. The van der Waals surface area contributed by atoms with Crippen molar-refractivity contribution in [3.63, 3.8) is 0 Å². The number of primary amides is 1. The average molecular weight is 258 g/mol. The number of aromatic nitrogens is 1. The first-order chi connectivity index (χ1) is 7.93. The average Bonchev–Trinajstić information content (AvgIpc) is 2.24. The molecule has 0 atom stereocenters. The minimum Gasteiger partial charge on any atom is -0.478 e. The van der Waals surface area contributed by atoms with Crippen LogP contribution in [0.1, 0.15) is 17.3 Å². The first-order valence-corrected chi connectivity index (χ1v) is 5.26. The smallest absolute Gasteiger partial charge is 0.335 e. The van der Waals surface area contributed by atoms with E-state index in [1.807, 2.05) is 0 Å². The van der Waals surface area contributed by atoms with E-state index in [1.54, 1.807) is 11.8 Å². The van der Waals surface area contributed by atoms with Gasteiger partial charge >= 0.3 is 5.97 Å². The van der Waals surface area contributed by atoms with Crippen LogP contribution in [0.3, 0.4) is 0 Å². The van der Waals surface area contributed by atoms with Crippen molar-refractivity contribution in [2.75, 3.05) is 18.0 Å². The summed E-state index contributed by atoms with van der Waals surface area (Å²) in [7, 11) is 0. The fourth-order valence-electron chi connectivity index (χ4n) is 1.31. The molecule has 0 aliphatic carbocycles. The topological polar surface area (TPSA) is 96.5 Å². The molecule has 0 aliphatic rings. The molecule has 0 spiro atoms. The van der Waals surface area contributed by atoms with Crippen molar-refractivity contribution in [3.05, 3.63) is 22.8 Å². The number of likely N-dealkylation sites (N-methyl/N-ethyl adjacent to an activating group) is 1. The molecule has 1 heterocycles. The first kappa shape index (κ1) is 13.2. The minimum absolute atomic E-state index is 0.0166. The number of amides is 1. The molecule has 6 nitrogen and oxygen atoms in total. The third-order valence-corrected chi connectivity index (χ3v) is 2.27. The highest BCUT2D eigenvalue weighted by Crippen LogP contribution is 2.18. The number of carbonyl (C=O) groups excluding carboxylic acids is 1. The molecule has 0 radical (unpaired) electrons. The van der Waals surface area contributed by atoms with Crippen molar-refractivity contribution < 1.29 is 14.7 Å². The number of carboxylic acid groups (broad SMARTS) is 1. The molecule has 0 saturated heterocycles. The Labute approximate surface area is 103 Å². The maximum atomic E-state index is 10.8. The summed E-state index contributed by atoms with van der Waals surface area (Å²) >= 11 is 5.71. The number of aromatic carboxylic acids is 1. The van der Waals surface area contributed by atoms with E-state index in [4.69, 9.17) is 22.4 Å². The summed E-state index contributed by atoms with van der Waals surface area (Å²) in [6.07, 6.45) is 0. The van der Waals surface area contributed by atoms with Crippen LogP contribution in [-0.4, -0.2) is 35.1 Å². The van der Waals surface area contributed by atoms with Crippen molar-refractivity contribution in [3.8, 4) is 0 Å². The van der Waals surface area contributed by atoms with Gasteiger partial charge in [-0.05, 0) is 19.1 Å². The number of anilines is 1. The molecule has 1 amide bonds. The van der Waals surface area contributed by atoms with Crippen molar-refractivity contribution in [2.24, 2.45) is 5.73 Å². The number of rotatable bonds is 5. The number of nitrogens with two attached hydrogens (primary N) is 1. The van der Waals surface area contributed by atoms with Crippen LogP contribution >= 0.6 is 11.6 Å². The molecule has 92 valence electrons. The van der Waals surface area contributed by atoms with E-state index >= 15 is 0 Å². The number of carboxylic acids is 1. The highest BCUT2D eigenvalue weighted by atomic mass is 35.5. The van der Waals surface area contributed by atoms with Gasteiger partial charge in [-0.25, -0.2) is 9.78 Å². The first-order valence-electron chi connectivity index (χ1n) is 4.88. The van der Waals surface area contributed by atoms with Crippen molar-refractivity contribution in [1.29, 1.82) is 0 Å². The summed E-state index contributed by atoms with van der Waals surface area (Å²) in [6.45, 7) is 2.23. The summed E-state index contributed by atoms with van der Waals surface area (Å²) in [5.74, 6) is -1.31. The molecular weight excluding hydrogens is 246 g/mol. The van der Waals surface area contributed by atoms with Gasteiger partial charge in [0, 0.05) is 6.54 Å². The molecule has 0 fully saturated rings. The zero-order valence-electron chi connectivity index (χ0n) is 9.18. The summed E-state index contributed by atoms with van der Waals surface area (Å²) in [5.41, 5.74) is 5.10. The van der Waals surface area contributed by atoms with E-state index in [0.717, 1.165) is 0 Å². The van der Waals surface area contributed by atoms with E-state index in [0.29, 0.717) is 12.4 Å². The van der Waals surface area contributed by atoms with Gasteiger partial charge in [-0.1, -0.05) is 11.6 Å².